The Morgan fingerprint density at radius 1 is 1.38 bits per heavy atom. The van der Waals surface area contributed by atoms with Crippen LogP contribution in [0, 0.1) is 7.05 Å². The van der Waals surface area contributed by atoms with Crippen LogP contribution < -0.4 is 0 Å². The van der Waals surface area contributed by atoms with Gasteiger partial charge in [-0.05, 0) is 19.0 Å². The molecule has 0 spiro atoms. The zero-order valence-electron chi connectivity index (χ0n) is 7.98. The standard InChI is InChI=1S/C11H16NO/c1-10(12(2)8-9-13)11-6-4-3-5-7-11/h3-7,10,13H,2,8-9H2,1H3/q-1. The van der Waals surface area contributed by atoms with Gasteiger partial charge in [0.1, 0.15) is 0 Å². The topological polar surface area (TPSA) is 23.5 Å². The molecule has 2 nitrogen and oxygen atoms in total. The van der Waals surface area contributed by atoms with Crippen molar-refractivity contribution in [2.24, 2.45) is 0 Å². The Kier molecular flexibility index (Phi) is 3.93. The second kappa shape index (κ2) is 5.00. The third kappa shape index (κ3) is 2.83. The summed E-state index contributed by atoms with van der Waals surface area (Å²) >= 11 is 0. The third-order valence-corrected chi connectivity index (χ3v) is 2.22. The number of hydrogen-bond donors (Lipinski definition) is 1. The van der Waals surface area contributed by atoms with Gasteiger partial charge in [0.25, 0.3) is 0 Å². The molecule has 0 amide bonds. The molecule has 0 bridgehead atoms. The summed E-state index contributed by atoms with van der Waals surface area (Å²) in [4.78, 5) is 1.88. The van der Waals surface area contributed by atoms with Crippen LogP contribution in [0.5, 0.6) is 0 Å². The lowest BCUT2D eigenvalue weighted by atomic mass is 10.1. The molecular weight excluding hydrogens is 162 g/mol. The minimum atomic E-state index is 0.153. The van der Waals surface area contributed by atoms with E-state index in [1.54, 1.807) is 0 Å². The predicted molar refractivity (Wildman–Crippen MR) is 54.0 cm³/mol. The number of aliphatic hydroxyl groups is 1. The molecule has 1 rings (SSSR count). The van der Waals surface area contributed by atoms with E-state index in [1.807, 2.05) is 23.1 Å². The molecule has 0 aliphatic carbocycles. The first kappa shape index (κ1) is 10.2. The van der Waals surface area contributed by atoms with Gasteiger partial charge >= 0.3 is 0 Å². The summed E-state index contributed by atoms with van der Waals surface area (Å²) in [6, 6.07) is 10.4. The molecule has 0 saturated heterocycles. The van der Waals surface area contributed by atoms with Gasteiger partial charge in [-0.15, -0.1) is 0 Å². The molecular formula is C11H16NO-. The van der Waals surface area contributed by atoms with Crippen LogP contribution in [0.25, 0.3) is 0 Å². The lowest BCUT2D eigenvalue weighted by molar-refractivity contribution is 0.205. The van der Waals surface area contributed by atoms with Crippen molar-refractivity contribution in [3.63, 3.8) is 0 Å². The fourth-order valence-electron chi connectivity index (χ4n) is 1.26. The normalized spacial score (nSPS) is 13.2. The van der Waals surface area contributed by atoms with Gasteiger partial charge in [0.2, 0.25) is 0 Å². The summed E-state index contributed by atoms with van der Waals surface area (Å²) in [5, 5.41) is 8.75. The molecule has 1 N–H and O–H groups in total. The number of benzene rings is 1. The molecule has 0 fully saturated rings. The highest BCUT2D eigenvalue weighted by Crippen LogP contribution is 2.17. The molecule has 1 aromatic carbocycles. The molecule has 1 aromatic rings. The van der Waals surface area contributed by atoms with Crippen LogP contribution in [-0.2, 0) is 0 Å². The molecule has 0 aromatic heterocycles. The molecule has 0 aliphatic rings. The van der Waals surface area contributed by atoms with Crippen molar-refractivity contribution in [2.75, 3.05) is 13.2 Å². The Labute approximate surface area is 79.8 Å². The zero-order valence-corrected chi connectivity index (χ0v) is 7.98. The predicted octanol–water partition coefficient (Wildman–Crippen LogP) is 1.83. The first-order valence-electron chi connectivity index (χ1n) is 4.48. The van der Waals surface area contributed by atoms with Gasteiger partial charge in [-0.25, -0.2) is 0 Å². The SMILES string of the molecule is [CH2-]N(CCO)C(C)c1ccccc1. The Morgan fingerprint density at radius 2 is 2.00 bits per heavy atom. The zero-order chi connectivity index (χ0) is 9.68. The Bertz CT molecular complexity index is 235. The van der Waals surface area contributed by atoms with E-state index in [9.17, 15) is 0 Å². The molecule has 0 radical (unpaired) electrons. The molecule has 1 atom stereocenters. The third-order valence-electron chi connectivity index (χ3n) is 2.22. The molecule has 0 heterocycles. The average Bonchev–Trinajstić information content (AvgIpc) is 2.18. The maximum atomic E-state index is 8.75. The van der Waals surface area contributed by atoms with Crippen LogP contribution in [-0.4, -0.2) is 23.2 Å². The van der Waals surface area contributed by atoms with Crippen molar-refractivity contribution in [1.82, 2.24) is 4.90 Å². The highest BCUT2D eigenvalue weighted by Gasteiger charge is 2.04. The van der Waals surface area contributed by atoms with Crippen molar-refractivity contribution < 1.29 is 5.11 Å². The lowest BCUT2D eigenvalue weighted by Crippen LogP contribution is -2.23. The van der Waals surface area contributed by atoms with Crippen molar-refractivity contribution >= 4 is 0 Å². The number of rotatable bonds is 4. The van der Waals surface area contributed by atoms with Gasteiger partial charge in [-0.1, -0.05) is 30.3 Å². The summed E-state index contributed by atoms with van der Waals surface area (Å²) in [5.41, 5.74) is 1.23. The summed E-state index contributed by atoms with van der Waals surface area (Å²) in [6.07, 6.45) is 0. The van der Waals surface area contributed by atoms with Gasteiger partial charge < -0.3 is 10.0 Å². The first-order valence-corrected chi connectivity index (χ1v) is 4.48. The summed E-state index contributed by atoms with van der Waals surface area (Å²) in [5.74, 6) is 0. The van der Waals surface area contributed by atoms with E-state index in [0.29, 0.717) is 6.54 Å². The molecule has 2 heteroatoms. The van der Waals surface area contributed by atoms with Crippen LogP contribution in [0.2, 0.25) is 0 Å². The second-order valence-electron chi connectivity index (χ2n) is 3.12. The quantitative estimate of drug-likeness (QED) is 0.711. The second-order valence-corrected chi connectivity index (χ2v) is 3.12. The fourth-order valence-corrected chi connectivity index (χ4v) is 1.26. The van der Waals surface area contributed by atoms with E-state index in [2.05, 4.69) is 26.1 Å². The maximum absolute atomic E-state index is 8.75. The van der Waals surface area contributed by atoms with E-state index >= 15 is 0 Å². The number of hydrogen-bond acceptors (Lipinski definition) is 2. The Balaban J connectivity index is 2.62. The van der Waals surface area contributed by atoms with Crippen LogP contribution in [0.4, 0.5) is 0 Å². The number of nitrogens with zero attached hydrogens (tertiary/aromatic N) is 1. The summed E-state index contributed by atoms with van der Waals surface area (Å²) in [6.45, 7) is 2.84. The molecule has 72 valence electrons. The smallest absolute Gasteiger partial charge is 0.0534 e. The van der Waals surface area contributed by atoms with Gasteiger partial charge in [0.15, 0.2) is 0 Å². The molecule has 1 unspecified atom stereocenters. The van der Waals surface area contributed by atoms with Crippen LogP contribution >= 0.6 is 0 Å². The Morgan fingerprint density at radius 3 is 2.54 bits per heavy atom. The van der Waals surface area contributed by atoms with Crippen molar-refractivity contribution in [1.29, 1.82) is 0 Å². The van der Waals surface area contributed by atoms with Gasteiger partial charge in [-0.3, -0.25) is 7.05 Å². The van der Waals surface area contributed by atoms with E-state index in [1.165, 1.54) is 5.56 Å². The minimum absolute atomic E-state index is 0.153. The Hall–Kier alpha value is -0.860. The molecule has 0 aliphatic heterocycles. The highest BCUT2D eigenvalue weighted by atomic mass is 16.3. The van der Waals surface area contributed by atoms with Crippen LogP contribution in [0.1, 0.15) is 18.5 Å². The molecule has 0 saturated carbocycles. The van der Waals surface area contributed by atoms with E-state index in [0.717, 1.165) is 0 Å². The fraction of sp³-hybridized carbons (Fsp3) is 0.364. The van der Waals surface area contributed by atoms with E-state index < -0.39 is 0 Å². The van der Waals surface area contributed by atoms with Crippen molar-refractivity contribution in [2.45, 2.75) is 13.0 Å². The molecule has 13 heavy (non-hydrogen) atoms. The van der Waals surface area contributed by atoms with Gasteiger partial charge in [0, 0.05) is 6.04 Å². The monoisotopic (exact) mass is 178 g/mol. The largest absolute Gasteiger partial charge is 0.451 e. The van der Waals surface area contributed by atoms with E-state index in [-0.39, 0.29) is 12.6 Å². The van der Waals surface area contributed by atoms with E-state index in [4.69, 9.17) is 5.11 Å². The maximum Gasteiger partial charge on any atom is 0.0534 e. The van der Waals surface area contributed by atoms with Crippen molar-refractivity contribution in [3.05, 3.63) is 42.9 Å². The minimum Gasteiger partial charge on any atom is -0.451 e. The average molecular weight is 178 g/mol. The first-order chi connectivity index (χ1) is 6.25. The van der Waals surface area contributed by atoms with Crippen molar-refractivity contribution in [3.8, 4) is 0 Å². The van der Waals surface area contributed by atoms with Gasteiger partial charge in [0.05, 0.1) is 6.61 Å². The number of aliphatic hydroxyl groups excluding tert-OH is 1. The van der Waals surface area contributed by atoms with Gasteiger partial charge in [-0.2, -0.15) is 0 Å². The summed E-state index contributed by atoms with van der Waals surface area (Å²) < 4.78 is 0. The lowest BCUT2D eigenvalue weighted by Gasteiger charge is -2.31. The van der Waals surface area contributed by atoms with Crippen LogP contribution in [0.15, 0.2) is 30.3 Å². The highest BCUT2D eigenvalue weighted by molar-refractivity contribution is 5.18. The van der Waals surface area contributed by atoms with Crippen LogP contribution in [0.3, 0.4) is 0 Å². The summed E-state index contributed by atoms with van der Waals surface area (Å²) in [7, 11) is 3.88.